The Morgan fingerprint density at radius 1 is 1.75 bits per heavy atom. The molecule has 1 amide bonds. The molecule has 4 heteroatoms. The van der Waals surface area contributed by atoms with Gasteiger partial charge in [-0.1, -0.05) is 0 Å². The molecule has 0 aromatic heterocycles. The number of hydrogen-bond donors (Lipinski definition) is 1. The van der Waals surface area contributed by atoms with Crippen molar-refractivity contribution in [3.8, 4) is 0 Å². The Kier molecular flexibility index (Phi) is 1.54. The number of nitrogens with one attached hydrogen (secondary N) is 1. The van der Waals surface area contributed by atoms with Crippen molar-refractivity contribution in [2.75, 3.05) is 20.1 Å². The molecule has 4 nitrogen and oxygen atoms in total. The molecule has 0 aromatic carbocycles. The van der Waals surface area contributed by atoms with Crippen LogP contribution in [0.1, 0.15) is 13.3 Å². The summed E-state index contributed by atoms with van der Waals surface area (Å²) in [5.41, 5.74) is -0.130. The lowest BCUT2D eigenvalue weighted by Gasteiger charge is -2.37. The molecule has 2 rings (SSSR count). The molecule has 2 atom stereocenters. The number of carbonyl (C=O) groups is 1. The monoisotopic (exact) mass is 170 g/mol. The van der Waals surface area contributed by atoms with Crippen LogP contribution < -0.4 is 5.32 Å². The van der Waals surface area contributed by atoms with Gasteiger partial charge in [-0.2, -0.15) is 0 Å². The van der Waals surface area contributed by atoms with E-state index in [1.807, 2.05) is 0 Å². The maximum Gasteiger partial charge on any atom is 0.410 e. The van der Waals surface area contributed by atoms with Gasteiger partial charge in [-0.05, 0) is 19.9 Å². The van der Waals surface area contributed by atoms with Gasteiger partial charge in [0, 0.05) is 13.6 Å². The molecule has 2 aliphatic heterocycles. The zero-order valence-corrected chi connectivity index (χ0v) is 7.46. The van der Waals surface area contributed by atoms with Crippen molar-refractivity contribution >= 4 is 6.09 Å². The number of ether oxygens (including phenoxy) is 1. The lowest BCUT2D eigenvalue weighted by molar-refractivity contribution is 0.0823. The van der Waals surface area contributed by atoms with Gasteiger partial charge >= 0.3 is 6.09 Å². The molecule has 2 unspecified atom stereocenters. The second-order valence-electron chi connectivity index (χ2n) is 3.75. The Balaban J connectivity index is 2.25. The van der Waals surface area contributed by atoms with Gasteiger partial charge in [-0.15, -0.1) is 0 Å². The predicted octanol–water partition coefficient (Wildman–Crippen LogP) is 0.189. The highest BCUT2D eigenvalue weighted by Gasteiger charge is 2.50. The molecular weight excluding hydrogens is 156 g/mol. The second kappa shape index (κ2) is 2.36. The van der Waals surface area contributed by atoms with Crippen molar-refractivity contribution in [1.82, 2.24) is 10.2 Å². The average Bonchev–Trinajstić information content (AvgIpc) is 2.28. The van der Waals surface area contributed by atoms with Crippen molar-refractivity contribution in [3.05, 3.63) is 0 Å². The van der Waals surface area contributed by atoms with Crippen LogP contribution >= 0.6 is 0 Å². The van der Waals surface area contributed by atoms with Crippen LogP contribution in [0.5, 0.6) is 0 Å². The SMILES string of the molecule is CN1C(=O)OC2CCNCC21C. The third kappa shape index (κ3) is 0.843. The largest absolute Gasteiger partial charge is 0.443 e. The third-order valence-electron chi connectivity index (χ3n) is 3.04. The molecule has 2 fully saturated rings. The van der Waals surface area contributed by atoms with E-state index in [1.165, 1.54) is 0 Å². The molecule has 0 aromatic rings. The number of hydrogen-bond acceptors (Lipinski definition) is 3. The summed E-state index contributed by atoms with van der Waals surface area (Å²) in [7, 11) is 1.80. The van der Waals surface area contributed by atoms with Gasteiger partial charge in [-0.3, -0.25) is 0 Å². The van der Waals surface area contributed by atoms with E-state index in [1.54, 1.807) is 11.9 Å². The smallest absolute Gasteiger partial charge is 0.410 e. The van der Waals surface area contributed by atoms with E-state index in [-0.39, 0.29) is 17.7 Å². The number of piperidine rings is 1. The maximum absolute atomic E-state index is 11.2. The van der Waals surface area contributed by atoms with Gasteiger partial charge in [0.2, 0.25) is 0 Å². The Labute approximate surface area is 71.9 Å². The first-order valence-electron chi connectivity index (χ1n) is 4.30. The zero-order valence-electron chi connectivity index (χ0n) is 7.46. The Hall–Kier alpha value is -0.770. The second-order valence-corrected chi connectivity index (χ2v) is 3.75. The average molecular weight is 170 g/mol. The molecule has 0 saturated carbocycles. The molecule has 1 N–H and O–H groups in total. The van der Waals surface area contributed by atoms with E-state index in [0.717, 1.165) is 19.5 Å². The van der Waals surface area contributed by atoms with Crippen LogP contribution in [-0.2, 0) is 4.74 Å². The summed E-state index contributed by atoms with van der Waals surface area (Å²) in [5.74, 6) is 0. The molecule has 0 radical (unpaired) electrons. The minimum absolute atomic E-state index is 0.0799. The van der Waals surface area contributed by atoms with E-state index >= 15 is 0 Å². The van der Waals surface area contributed by atoms with Crippen molar-refractivity contribution < 1.29 is 9.53 Å². The molecule has 0 bridgehead atoms. The van der Waals surface area contributed by atoms with E-state index in [2.05, 4.69) is 12.2 Å². The molecule has 0 aliphatic carbocycles. The fourth-order valence-corrected chi connectivity index (χ4v) is 1.93. The molecule has 0 spiro atoms. The number of nitrogens with zero attached hydrogens (tertiary/aromatic N) is 1. The lowest BCUT2D eigenvalue weighted by atomic mass is 9.89. The van der Waals surface area contributed by atoms with Crippen LogP contribution in [-0.4, -0.2) is 42.8 Å². The normalized spacial score (nSPS) is 41.0. The van der Waals surface area contributed by atoms with Crippen LogP contribution in [0.15, 0.2) is 0 Å². The quantitative estimate of drug-likeness (QED) is 0.564. The maximum atomic E-state index is 11.2. The van der Waals surface area contributed by atoms with Crippen molar-refractivity contribution in [2.45, 2.75) is 25.0 Å². The number of amides is 1. The lowest BCUT2D eigenvalue weighted by Crippen LogP contribution is -2.57. The topological polar surface area (TPSA) is 41.6 Å². The summed E-state index contributed by atoms with van der Waals surface area (Å²) in [6.45, 7) is 3.84. The highest BCUT2D eigenvalue weighted by molar-refractivity contribution is 5.71. The molecule has 2 aliphatic rings. The van der Waals surface area contributed by atoms with Crippen LogP contribution in [0.3, 0.4) is 0 Å². The molecule has 12 heavy (non-hydrogen) atoms. The van der Waals surface area contributed by atoms with E-state index in [0.29, 0.717) is 0 Å². The summed E-state index contributed by atoms with van der Waals surface area (Å²) in [6, 6.07) is 0. The Morgan fingerprint density at radius 3 is 3.17 bits per heavy atom. The van der Waals surface area contributed by atoms with Gasteiger partial charge in [-0.25, -0.2) is 4.79 Å². The Bertz CT molecular complexity index is 219. The first kappa shape index (κ1) is 7.86. The fourth-order valence-electron chi connectivity index (χ4n) is 1.93. The van der Waals surface area contributed by atoms with Gasteiger partial charge in [0.1, 0.15) is 6.10 Å². The number of carbonyl (C=O) groups excluding carboxylic acids is 1. The van der Waals surface area contributed by atoms with Crippen LogP contribution in [0, 0.1) is 0 Å². The molecule has 2 heterocycles. The van der Waals surface area contributed by atoms with Crippen molar-refractivity contribution in [1.29, 1.82) is 0 Å². The molecule has 2 saturated heterocycles. The van der Waals surface area contributed by atoms with Gasteiger partial charge in [0.15, 0.2) is 0 Å². The van der Waals surface area contributed by atoms with Crippen LogP contribution in [0.25, 0.3) is 0 Å². The third-order valence-corrected chi connectivity index (χ3v) is 3.04. The minimum Gasteiger partial charge on any atom is -0.443 e. The summed E-state index contributed by atoms with van der Waals surface area (Å²) < 4.78 is 5.23. The highest BCUT2D eigenvalue weighted by atomic mass is 16.6. The van der Waals surface area contributed by atoms with E-state index in [4.69, 9.17) is 4.74 Å². The van der Waals surface area contributed by atoms with Gasteiger partial charge < -0.3 is 15.0 Å². The van der Waals surface area contributed by atoms with Crippen molar-refractivity contribution in [2.24, 2.45) is 0 Å². The summed E-state index contributed by atoms with van der Waals surface area (Å²) >= 11 is 0. The van der Waals surface area contributed by atoms with E-state index in [9.17, 15) is 4.79 Å². The van der Waals surface area contributed by atoms with Gasteiger partial charge in [0.25, 0.3) is 0 Å². The standard InChI is InChI=1S/C8H14N2O2/c1-8-5-9-4-3-6(8)12-7(11)10(8)2/h6,9H,3-5H2,1-2H3. The van der Waals surface area contributed by atoms with E-state index < -0.39 is 0 Å². The fraction of sp³-hybridized carbons (Fsp3) is 0.875. The predicted molar refractivity (Wildman–Crippen MR) is 43.9 cm³/mol. The summed E-state index contributed by atoms with van der Waals surface area (Å²) in [4.78, 5) is 12.9. The summed E-state index contributed by atoms with van der Waals surface area (Å²) in [5, 5.41) is 3.27. The minimum atomic E-state index is -0.189. The number of rotatable bonds is 0. The number of likely N-dealkylation sites (N-methyl/N-ethyl adjacent to an activating group) is 1. The number of fused-ring (bicyclic) bond motifs is 1. The Morgan fingerprint density at radius 2 is 2.50 bits per heavy atom. The zero-order chi connectivity index (χ0) is 8.77. The summed E-state index contributed by atoms with van der Waals surface area (Å²) in [6.07, 6.45) is 0.814. The van der Waals surface area contributed by atoms with Crippen LogP contribution in [0.4, 0.5) is 4.79 Å². The first-order chi connectivity index (χ1) is 5.64. The first-order valence-corrected chi connectivity index (χ1v) is 4.30. The van der Waals surface area contributed by atoms with Crippen LogP contribution in [0.2, 0.25) is 0 Å². The van der Waals surface area contributed by atoms with Gasteiger partial charge in [0.05, 0.1) is 5.54 Å². The molecule has 68 valence electrons. The van der Waals surface area contributed by atoms with Crippen molar-refractivity contribution in [3.63, 3.8) is 0 Å². The highest BCUT2D eigenvalue weighted by Crippen LogP contribution is 2.32. The molecular formula is C8H14N2O2.